The van der Waals surface area contributed by atoms with Crippen molar-refractivity contribution in [3.8, 4) is 5.75 Å². The molecule has 0 radical (unpaired) electrons. The monoisotopic (exact) mass is 423 g/mol. The number of rotatable bonds is 8. The van der Waals surface area contributed by atoms with E-state index in [0.29, 0.717) is 12.4 Å². The van der Waals surface area contributed by atoms with Crippen LogP contribution in [0.15, 0.2) is 29.3 Å². The van der Waals surface area contributed by atoms with Gasteiger partial charge in [0.1, 0.15) is 18.5 Å². The Morgan fingerprint density at radius 1 is 1.29 bits per heavy atom. The molecule has 156 valence electrons. The maximum Gasteiger partial charge on any atom is 0.331 e. The zero-order chi connectivity index (χ0) is 20.9. The summed E-state index contributed by atoms with van der Waals surface area (Å²) in [5.74, 6) is 1.10. The van der Waals surface area contributed by atoms with E-state index in [2.05, 4.69) is 57.9 Å². The molecule has 0 spiro atoms. The molecule has 2 rings (SSSR count). The third-order valence-corrected chi connectivity index (χ3v) is 11.0. The van der Waals surface area contributed by atoms with Gasteiger partial charge in [0.25, 0.3) is 0 Å². The molecule has 0 aromatic heterocycles. The molecule has 2 atom stereocenters. The van der Waals surface area contributed by atoms with E-state index in [0.717, 1.165) is 17.2 Å². The summed E-state index contributed by atoms with van der Waals surface area (Å²) in [4.78, 5) is 16.4. The minimum atomic E-state index is -2.04. The van der Waals surface area contributed by atoms with Crippen molar-refractivity contribution in [2.24, 2.45) is 4.99 Å². The molecule has 0 bridgehead atoms. The number of hydrogen-bond donors (Lipinski definition) is 0. The van der Waals surface area contributed by atoms with Gasteiger partial charge in [0, 0.05) is 5.75 Å². The van der Waals surface area contributed by atoms with E-state index in [4.69, 9.17) is 13.9 Å². The normalized spacial score (nSPS) is 18.5. The molecule has 1 aliphatic heterocycles. The highest BCUT2D eigenvalue weighted by Gasteiger charge is 2.41. The molecule has 28 heavy (non-hydrogen) atoms. The Balaban J connectivity index is 2.17. The van der Waals surface area contributed by atoms with Gasteiger partial charge < -0.3 is 13.9 Å². The average molecular weight is 424 g/mol. The average Bonchev–Trinajstić information content (AvgIpc) is 3.14. The SMILES string of the molecule is CCc1ccc(OCC(O[Si](C)(C)C(C)(C)C)C2=NC(C(=O)OC)CS2)cc1. The lowest BCUT2D eigenvalue weighted by Crippen LogP contribution is -2.47. The Morgan fingerprint density at radius 2 is 1.93 bits per heavy atom. The van der Waals surface area contributed by atoms with E-state index in [1.807, 2.05) is 12.1 Å². The molecule has 0 saturated carbocycles. The van der Waals surface area contributed by atoms with Crippen LogP contribution in [0.5, 0.6) is 5.75 Å². The number of ether oxygens (including phenoxy) is 2. The first-order valence-corrected chi connectivity index (χ1v) is 13.6. The van der Waals surface area contributed by atoms with Gasteiger partial charge in [0.15, 0.2) is 14.4 Å². The van der Waals surface area contributed by atoms with Gasteiger partial charge in [0.2, 0.25) is 0 Å². The quantitative estimate of drug-likeness (QED) is 0.448. The maximum atomic E-state index is 11.9. The molecule has 7 heteroatoms. The van der Waals surface area contributed by atoms with Crippen molar-refractivity contribution in [1.29, 1.82) is 0 Å². The predicted octanol–water partition coefficient (Wildman–Crippen LogP) is 4.71. The van der Waals surface area contributed by atoms with Gasteiger partial charge in [-0.2, -0.15) is 0 Å². The second-order valence-electron chi connectivity index (χ2n) is 8.49. The third kappa shape index (κ3) is 5.84. The second-order valence-corrected chi connectivity index (χ2v) is 14.3. The lowest BCUT2D eigenvalue weighted by atomic mass is 10.2. The van der Waals surface area contributed by atoms with Crippen LogP contribution in [0.4, 0.5) is 0 Å². The van der Waals surface area contributed by atoms with E-state index in [1.54, 1.807) is 11.8 Å². The van der Waals surface area contributed by atoms with Crippen LogP contribution >= 0.6 is 11.8 Å². The summed E-state index contributed by atoms with van der Waals surface area (Å²) in [5, 5.41) is 0.894. The van der Waals surface area contributed by atoms with Gasteiger partial charge in [-0.25, -0.2) is 4.79 Å². The smallest absolute Gasteiger partial charge is 0.331 e. The largest absolute Gasteiger partial charge is 0.490 e. The highest BCUT2D eigenvalue weighted by molar-refractivity contribution is 8.14. The number of aliphatic imine (C=N–C) groups is 1. The molecule has 0 aliphatic carbocycles. The molecular formula is C21H33NO4SSi. The summed E-state index contributed by atoms with van der Waals surface area (Å²) >= 11 is 1.56. The minimum absolute atomic E-state index is 0.0691. The molecule has 5 nitrogen and oxygen atoms in total. The van der Waals surface area contributed by atoms with E-state index in [1.165, 1.54) is 12.7 Å². The van der Waals surface area contributed by atoms with Crippen LogP contribution in [0.2, 0.25) is 18.1 Å². The molecular weight excluding hydrogens is 390 g/mol. The molecule has 1 aromatic rings. The van der Waals surface area contributed by atoms with E-state index < -0.39 is 14.4 Å². The fourth-order valence-corrected chi connectivity index (χ4v) is 4.88. The molecule has 0 amide bonds. The number of esters is 1. The third-order valence-electron chi connectivity index (χ3n) is 5.40. The molecule has 0 N–H and O–H groups in total. The summed E-state index contributed by atoms with van der Waals surface area (Å²) in [5.41, 5.74) is 1.28. The lowest BCUT2D eigenvalue weighted by Gasteiger charge is -2.39. The van der Waals surface area contributed by atoms with Crippen molar-refractivity contribution in [3.63, 3.8) is 0 Å². The van der Waals surface area contributed by atoms with Crippen molar-refractivity contribution in [1.82, 2.24) is 0 Å². The van der Waals surface area contributed by atoms with Gasteiger partial charge in [-0.3, -0.25) is 4.99 Å². The number of thioether (sulfide) groups is 1. The van der Waals surface area contributed by atoms with Crippen molar-refractivity contribution >= 4 is 31.1 Å². The highest BCUT2D eigenvalue weighted by Crippen LogP contribution is 2.38. The number of carbonyl (C=O) groups excluding carboxylic acids is 1. The fourth-order valence-electron chi connectivity index (χ4n) is 2.51. The maximum absolute atomic E-state index is 11.9. The number of methoxy groups -OCH3 is 1. The summed E-state index contributed by atoms with van der Waals surface area (Å²) in [6.45, 7) is 13.6. The van der Waals surface area contributed by atoms with Crippen LogP contribution in [-0.4, -0.2) is 50.9 Å². The van der Waals surface area contributed by atoms with Gasteiger partial charge in [-0.1, -0.05) is 39.8 Å². The van der Waals surface area contributed by atoms with Crippen LogP contribution in [-0.2, 0) is 20.4 Å². The Hall–Kier alpha value is -1.31. The van der Waals surface area contributed by atoms with Crippen molar-refractivity contribution in [2.75, 3.05) is 19.5 Å². The van der Waals surface area contributed by atoms with Gasteiger partial charge >= 0.3 is 5.97 Å². The van der Waals surface area contributed by atoms with Gasteiger partial charge in [-0.05, 0) is 42.2 Å². The standard InChI is InChI=1S/C21H33NO4SSi/c1-8-15-9-11-16(12-10-15)25-13-18(26-28(6,7)21(2,3)4)19-22-17(14-27-19)20(23)24-5/h9-12,17-18H,8,13-14H2,1-7H3. The van der Waals surface area contributed by atoms with Gasteiger partial charge in [-0.15, -0.1) is 11.8 Å². The molecule has 0 saturated heterocycles. The number of nitrogens with zero attached hydrogens (tertiary/aromatic N) is 1. The predicted molar refractivity (Wildman–Crippen MR) is 119 cm³/mol. The van der Waals surface area contributed by atoms with Crippen LogP contribution in [0.3, 0.4) is 0 Å². The molecule has 2 unspecified atom stereocenters. The highest BCUT2D eigenvalue weighted by atomic mass is 32.2. The molecule has 1 aromatic carbocycles. The Bertz CT molecular complexity index is 697. The van der Waals surface area contributed by atoms with E-state index >= 15 is 0 Å². The van der Waals surface area contributed by atoms with Gasteiger partial charge in [0.05, 0.1) is 12.2 Å². The number of aryl methyl sites for hydroxylation is 1. The minimum Gasteiger partial charge on any atom is -0.490 e. The van der Waals surface area contributed by atoms with Crippen LogP contribution in [0, 0.1) is 0 Å². The first-order chi connectivity index (χ1) is 13.1. The van der Waals surface area contributed by atoms with Crippen LogP contribution in [0.25, 0.3) is 0 Å². The lowest BCUT2D eigenvalue weighted by molar-refractivity contribution is -0.141. The van der Waals surface area contributed by atoms with E-state index in [-0.39, 0.29) is 17.1 Å². The number of hydrogen-bond acceptors (Lipinski definition) is 6. The summed E-state index contributed by atoms with van der Waals surface area (Å²) in [6.07, 6.45) is 0.714. The van der Waals surface area contributed by atoms with E-state index in [9.17, 15) is 4.79 Å². The zero-order valence-corrected chi connectivity index (χ0v) is 19.9. The van der Waals surface area contributed by atoms with Crippen molar-refractivity contribution in [3.05, 3.63) is 29.8 Å². The summed E-state index contributed by atoms with van der Waals surface area (Å²) < 4.78 is 17.5. The topological polar surface area (TPSA) is 57.1 Å². The first kappa shape index (κ1) is 23.0. The number of carbonyl (C=O) groups is 1. The first-order valence-electron chi connectivity index (χ1n) is 9.75. The summed E-state index contributed by atoms with van der Waals surface area (Å²) in [6, 6.07) is 7.67. The Labute approximate surface area is 174 Å². The fraction of sp³-hybridized carbons (Fsp3) is 0.619. The summed E-state index contributed by atoms with van der Waals surface area (Å²) in [7, 11) is -0.640. The number of benzene rings is 1. The molecule has 0 fully saturated rings. The molecule has 1 aliphatic rings. The zero-order valence-electron chi connectivity index (χ0n) is 18.1. The Kier molecular flexibility index (Phi) is 7.76. The van der Waals surface area contributed by atoms with Crippen LogP contribution < -0.4 is 4.74 Å². The van der Waals surface area contributed by atoms with Crippen molar-refractivity contribution < 1.29 is 18.7 Å². The van der Waals surface area contributed by atoms with Crippen LogP contribution in [0.1, 0.15) is 33.3 Å². The Morgan fingerprint density at radius 3 is 2.46 bits per heavy atom. The van der Waals surface area contributed by atoms with Crippen molar-refractivity contribution in [2.45, 2.75) is 64.4 Å². The second kappa shape index (κ2) is 9.46. The molecule has 1 heterocycles.